The van der Waals surface area contributed by atoms with Gasteiger partial charge in [0.1, 0.15) is 0 Å². The van der Waals surface area contributed by atoms with Gasteiger partial charge in [-0.3, -0.25) is 0 Å². The molecule has 0 fully saturated rings. The van der Waals surface area contributed by atoms with Crippen LogP contribution in [0.3, 0.4) is 0 Å². The van der Waals surface area contributed by atoms with E-state index >= 15 is 0 Å². The van der Waals surface area contributed by atoms with E-state index in [0.29, 0.717) is 0 Å². The normalized spacial score (nSPS) is 18.4. The topological polar surface area (TPSA) is 0 Å². The first-order chi connectivity index (χ1) is 7.27. The lowest BCUT2D eigenvalue weighted by atomic mass is 9.86. The lowest BCUT2D eigenvalue weighted by Crippen LogP contribution is -2.07. The minimum absolute atomic E-state index is 1.16. The Labute approximate surface area is 99.5 Å². The van der Waals surface area contributed by atoms with E-state index in [0.717, 1.165) is 6.42 Å². The van der Waals surface area contributed by atoms with E-state index in [1.807, 2.05) is 0 Å². The molecule has 0 N–H and O–H groups in total. The van der Waals surface area contributed by atoms with Gasteiger partial charge in [-0.05, 0) is 72.9 Å². The summed E-state index contributed by atoms with van der Waals surface area (Å²) in [6, 6.07) is 2.33. The molecule has 0 saturated carbocycles. The van der Waals surface area contributed by atoms with E-state index in [9.17, 15) is 0 Å². The van der Waals surface area contributed by atoms with Crippen molar-refractivity contribution in [1.82, 2.24) is 0 Å². The Balaban J connectivity index is 2.24. The molecule has 0 unspecified atom stereocenters. The summed E-state index contributed by atoms with van der Waals surface area (Å²) < 4.78 is 1.34. The highest BCUT2D eigenvalue weighted by Gasteiger charge is 2.21. The molecule has 0 aromatic heterocycles. The largest absolute Gasteiger partial charge is 0.0766 e. The van der Waals surface area contributed by atoms with Crippen LogP contribution in [0.15, 0.2) is 16.6 Å². The summed E-state index contributed by atoms with van der Waals surface area (Å²) in [6.07, 6.45) is 8.81. The van der Waals surface area contributed by atoms with Gasteiger partial charge in [0, 0.05) is 4.47 Å². The van der Waals surface area contributed by atoms with E-state index in [1.54, 1.807) is 16.7 Å². The van der Waals surface area contributed by atoms with Crippen molar-refractivity contribution in [2.75, 3.05) is 0 Å². The van der Waals surface area contributed by atoms with Crippen molar-refractivity contribution < 1.29 is 0 Å². The smallest absolute Gasteiger partial charge is 0.0216 e. The second kappa shape index (κ2) is 3.48. The quantitative estimate of drug-likeness (QED) is 0.655. The molecule has 1 aromatic carbocycles. The second-order valence-corrected chi connectivity index (χ2v) is 5.49. The van der Waals surface area contributed by atoms with Crippen molar-refractivity contribution in [2.45, 2.75) is 39.0 Å². The molecule has 0 nitrogen and oxygen atoms in total. The summed E-state index contributed by atoms with van der Waals surface area (Å²) in [5.74, 6) is 0. The molecule has 15 heavy (non-hydrogen) atoms. The second-order valence-electron chi connectivity index (χ2n) is 4.64. The fourth-order valence-corrected chi connectivity index (χ4v) is 3.58. The standard InChI is InChI=1S/C14H15Br/c1-9-6-7-11-10-4-2-3-5-12(10)14(15)8-13(9)11/h6,8H,2-5,7H2,1H3. The molecular weight excluding hydrogens is 248 g/mol. The average molecular weight is 263 g/mol. The molecular formula is C14H15Br. The van der Waals surface area contributed by atoms with Crippen LogP contribution in [-0.2, 0) is 19.3 Å². The van der Waals surface area contributed by atoms with E-state index in [1.165, 1.54) is 41.3 Å². The van der Waals surface area contributed by atoms with Crippen LogP contribution in [0.4, 0.5) is 0 Å². The maximum atomic E-state index is 3.74. The minimum atomic E-state index is 1.16. The van der Waals surface area contributed by atoms with Crippen molar-refractivity contribution in [2.24, 2.45) is 0 Å². The Morgan fingerprint density at radius 2 is 1.80 bits per heavy atom. The molecule has 0 spiro atoms. The summed E-state index contributed by atoms with van der Waals surface area (Å²) in [5, 5.41) is 0. The van der Waals surface area contributed by atoms with Crippen LogP contribution >= 0.6 is 15.9 Å². The maximum absolute atomic E-state index is 3.74. The fraction of sp³-hybridized carbons (Fsp3) is 0.429. The summed E-state index contributed by atoms with van der Waals surface area (Å²) in [6.45, 7) is 2.23. The van der Waals surface area contributed by atoms with Gasteiger partial charge in [-0.2, -0.15) is 0 Å². The molecule has 1 heteroatoms. The van der Waals surface area contributed by atoms with Gasteiger partial charge in [-0.25, -0.2) is 0 Å². The summed E-state index contributed by atoms with van der Waals surface area (Å²) in [7, 11) is 0. The van der Waals surface area contributed by atoms with Gasteiger partial charge in [0.2, 0.25) is 0 Å². The van der Waals surface area contributed by atoms with Gasteiger partial charge in [-0.1, -0.05) is 22.0 Å². The number of halogens is 1. The van der Waals surface area contributed by atoms with E-state index in [-0.39, 0.29) is 0 Å². The number of hydrogen-bond acceptors (Lipinski definition) is 0. The Morgan fingerprint density at radius 1 is 1.07 bits per heavy atom. The molecule has 3 rings (SSSR count). The first-order valence-corrected chi connectivity index (χ1v) is 6.57. The maximum Gasteiger partial charge on any atom is 0.0216 e. The summed E-state index contributed by atoms with van der Waals surface area (Å²) in [5.41, 5.74) is 7.80. The predicted molar refractivity (Wildman–Crippen MR) is 68.1 cm³/mol. The molecule has 78 valence electrons. The van der Waals surface area contributed by atoms with Crippen LogP contribution in [0.25, 0.3) is 5.57 Å². The zero-order valence-electron chi connectivity index (χ0n) is 9.07. The number of rotatable bonds is 0. The molecule has 0 radical (unpaired) electrons. The highest BCUT2D eigenvalue weighted by molar-refractivity contribution is 9.10. The fourth-order valence-electron chi connectivity index (χ4n) is 2.92. The molecule has 0 atom stereocenters. The third-order valence-electron chi connectivity index (χ3n) is 3.75. The first-order valence-electron chi connectivity index (χ1n) is 5.77. The summed E-state index contributed by atoms with van der Waals surface area (Å²) >= 11 is 3.74. The van der Waals surface area contributed by atoms with Crippen LogP contribution in [-0.4, -0.2) is 0 Å². The van der Waals surface area contributed by atoms with Crippen molar-refractivity contribution in [3.05, 3.63) is 38.9 Å². The number of fused-ring (bicyclic) bond motifs is 3. The first kappa shape index (κ1) is 9.65. The Bertz CT molecular complexity index is 455. The van der Waals surface area contributed by atoms with Gasteiger partial charge >= 0.3 is 0 Å². The van der Waals surface area contributed by atoms with Crippen LogP contribution < -0.4 is 0 Å². The van der Waals surface area contributed by atoms with Gasteiger partial charge in [0.15, 0.2) is 0 Å². The zero-order chi connectivity index (χ0) is 10.4. The predicted octanol–water partition coefficient (Wildman–Crippen LogP) is 4.29. The number of allylic oxidation sites excluding steroid dienone is 2. The molecule has 2 aliphatic rings. The third-order valence-corrected chi connectivity index (χ3v) is 4.46. The summed E-state index contributed by atoms with van der Waals surface area (Å²) in [4.78, 5) is 0. The van der Waals surface area contributed by atoms with E-state index in [4.69, 9.17) is 0 Å². The van der Waals surface area contributed by atoms with Crippen molar-refractivity contribution in [1.29, 1.82) is 0 Å². The van der Waals surface area contributed by atoms with Gasteiger partial charge in [0.25, 0.3) is 0 Å². The molecule has 1 aromatic rings. The Hall–Kier alpha value is -0.560. The van der Waals surface area contributed by atoms with E-state index in [2.05, 4.69) is 35.0 Å². The monoisotopic (exact) mass is 262 g/mol. The SMILES string of the molecule is CC1=CCc2c1cc(Br)c1c2CCCC1. The van der Waals surface area contributed by atoms with Crippen LogP contribution in [0.2, 0.25) is 0 Å². The minimum Gasteiger partial charge on any atom is -0.0766 e. The van der Waals surface area contributed by atoms with Crippen LogP contribution in [0.5, 0.6) is 0 Å². The molecule has 0 amide bonds. The van der Waals surface area contributed by atoms with Crippen molar-refractivity contribution in [3.8, 4) is 0 Å². The molecule has 0 aliphatic heterocycles. The van der Waals surface area contributed by atoms with Crippen LogP contribution in [0.1, 0.15) is 42.0 Å². The number of hydrogen-bond donors (Lipinski definition) is 0. The molecule has 0 bridgehead atoms. The highest BCUT2D eigenvalue weighted by atomic mass is 79.9. The Kier molecular flexibility index (Phi) is 2.24. The van der Waals surface area contributed by atoms with Crippen molar-refractivity contribution in [3.63, 3.8) is 0 Å². The zero-order valence-corrected chi connectivity index (χ0v) is 10.7. The van der Waals surface area contributed by atoms with Crippen molar-refractivity contribution >= 4 is 21.5 Å². The molecule has 2 aliphatic carbocycles. The van der Waals surface area contributed by atoms with Gasteiger partial charge < -0.3 is 0 Å². The van der Waals surface area contributed by atoms with Gasteiger partial charge in [-0.15, -0.1) is 0 Å². The molecule has 0 saturated heterocycles. The average Bonchev–Trinajstić information content (AvgIpc) is 2.62. The number of benzene rings is 1. The van der Waals surface area contributed by atoms with Gasteiger partial charge in [0.05, 0.1) is 0 Å². The van der Waals surface area contributed by atoms with E-state index < -0.39 is 0 Å². The molecule has 0 heterocycles. The lowest BCUT2D eigenvalue weighted by Gasteiger charge is -2.21. The third kappa shape index (κ3) is 1.40. The highest BCUT2D eigenvalue weighted by Crippen LogP contribution is 2.38. The Morgan fingerprint density at radius 3 is 2.60 bits per heavy atom. The lowest BCUT2D eigenvalue weighted by molar-refractivity contribution is 0.678. The van der Waals surface area contributed by atoms with Crippen LogP contribution in [0, 0.1) is 0 Å².